The van der Waals surface area contributed by atoms with Gasteiger partial charge in [-0.1, -0.05) is 49.4 Å². The number of ether oxygens (including phenoxy) is 1. The molecule has 1 aliphatic heterocycles. The van der Waals surface area contributed by atoms with Crippen molar-refractivity contribution >= 4 is 54.4 Å². The topological polar surface area (TPSA) is 172 Å². The average Bonchev–Trinajstić information content (AvgIpc) is 3.78. The van der Waals surface area contributed by atoms with Crippen molar-refractivity contribution in [3.05, 3.63) is 88.9 Å². The lowest BCUT2D eigenvalue weighted by atomic mass is 9.39. The van der Waals surface area contributed by atoms with Crippen LogP contribution in [0.1, 0.15) is 90.0 Å². The molecule has 2 atom stereocenters. The first-order valence-corrected chi connectivity index (χ1v) is 23.9. The van der Waals surface area contributed by atoms with Crippen molar-refractivity contribution < 1.29 is 27.9 Å². The number of thiazole rings is 1. The number of aromatic carboxylic acids is 1. The summed E-state index contributed by atoms with van der Waals surface area (Å²) in [6.07, 6.45) is 8.74. The summed E-state index contributed by atoms with van der Waals surface area (Å²) in [5.41, 5.74) is 5.47. The van der Waals surface area contributed by atoms with Crippen LogP contribution in [0.5, 0.6) is 0 Å². The monoisotopic (exact) mass is 880 g/mol. The highest BCUT2D eigenvalue weighted by atomic mass is 32.2. The van der Waals surface area contributed by atoms with Crippen LogP contribution in [-0.4, -0.2) is 101 Å². The summed E-state index contributed by atoms with van der Waals surface area (Å²) in [5, 5.41) is 22.3. The van der Waals surface area contributed by atoms with Crippen molar-refractivity contribution in [3.63, 3.8) is 0 Å². The Morgan fingerprint density at radius 2 is 1.71 bits per heavy atom. The maximum atomic E-state index is 13.7. The number of anilines is 2. The Bertz CT molecular complexity index is 2620. The van der Waals surface area contributed by atoms with Gasteiger partial charge < -0.3 is 20.1 Å². The number of para-hydroxylation sites is 1. The first-order chi connectivity index (χ1) is 29.5. The molecule has 62 heavy (non-hydrogen) atoms. The summed E-state index contributed by atoms with van der Waals surface area (Å²) < 4.78 is 35.6. The van der Waals surface area contributed by atoms with E-state index in [-0.39, 0.29) is 39.2 Å². The van der Waals surface area contributed by atoms with E-state index in [4.69, 9.17) is 14.8 Å². The van der Waals surface area contributed by atoms with E-state index in [1.165, 1.54) is 15.6 Å². The molecule has 4 heterocycles. The second kappa shape index (κ2) is 15.8. The molecule has 4 fully saturated rings. The smallest absolute Gasteiger partial charge is 0.355 e. The van der Waals surface area contributed by atoms with Gasteiger partial charge in [-0.15, -0.1) is 0 Å². The van der Waals surface area contributed by atoms with Crippen LogP contribution >= 0.6 is 11.3 Å². The number of amides is 1. The van der Waals surface area contributed by atoms with E-state index in [9.17, 15) is 23.1 Å². The van der Waals surface area contributed by atoms with Crippen molar-refractivity contribution in [2.24, 2.45) is 16.2 Å². The SMILES string of the molecule is Cc1c(-c2ccc(N3CCc4cccc(C(=O)Nc5nc6ccccc6s5)c4C3)nc2C(=O)O)cnn1CC12CC3(C)CC(C)(C1)CC(OCCNCCS(=O)(=O)N(C)C)(C3)C2. The molecule has 3 N–H and O–H groups in total. The Labute approximate surface area is 367 Å². The molecule has 2 unspecified atom stereocenters. The van der Waals surface area contributed by atoms with Gasteiger partial charge in [-0.05, 0) is 110 Å². The van der Waals surface area contributed by atoms with E-state index in [0.29, 0.717) is 67.8 Å². The predicted molar refractivity (Wildman–Crippen MR) is 241 cm³/mol. The number of carboxylic acid groups (broad SMARTS) is 1. The Balaban J connectivity index is 0.910. The largest absolute Gasteiger partial charge is 0.476 e. The van der Waals surface area contributed by atoms with Gasteiger partial charge in [0.25, 0.3) is 5.91 Å². The predicted octanol–water partition coefficient (Wildman–Crippen LogP) is 6.99. The van der Waals surface area contributed by atoms with Crippen molar-refractivity contribution in [2.75, 3.05) is 56.3 Å². The summed E-state index contributed by atoms with van der Waals surface area (Å²) in [4.78, 5) is 38.0. The second-order valence-corrected chi connectivity index (χ2v) is 22.6. The van der Waals surface area contributed by atoms with Crippen molar-refractivity contribution in [2.45, 2.75) is 84.4 Å². The van der Waals surface area contributed by atoms with Crippen LogP contribution in [0.4, 0.5) is 10.9 Å². The third kappa shape index (κ3) is 8.15. The zero-order valence-corrected chi connectivity index (χ0v) is 37.8. The van der Waals surface area contributed by atoms with Gasteiger partial charge in [0.2, 0.25) is 10.0 Å². The molecule has 4 saturated carbocycles. The van der Waals surface area contributed by atoms with Gasteiger partial charge in [-0.25, -0.2) is 27.5 Å². The van der Waals surface area contributed by atoms with Crippen LogP contribution in [0.25, 0.3) is 21.3 Å². The molecule has 14 nitrogen and oxygen atoms in total. The number of pyridine rings is 1. The van der Waals surface area contributed by atoms with Gasteiger partial charge in [-0.3, -0.25) is 14.8 Å². The molecule has 4 aliphatic carbocycles. The first-order valence-electron chi connectivity index (χ1n) is 21.5. The molecule has 4 bridgehead atoms. The minimum absolute atomic E-state index is 0.0343. The zero-order chi connectivity index (χ0) is 43.7. The number of carbonyl (C=O) groups is 2. The highest BCUT2D eigenvalue weighted by Gasteiger charge is 2.66. The lowest BCUT2D eigenvalue weighted by Crippen LogP contribution is -2.64. The maximum Gasteiger partial charge on any atom is 0.355 e. The maximum absolute atomic E-state index is 13.7. The van der Waals surface area contributed by atoms with Gasteiger partial charge >= 0.3 is 5.97 Å². The van der Waals surface area contributed by atoms with Crippen LogP contribution < -0.4 is 15.5 Å². The molecule has 0 spiro atoms. The Morgan fingerprint density at radius 3 is 2.45 bits per heavy atom. The zero-order valence-electron chi connectivity index (χ0n) is 36.2. The number of carbonyl (C=O) groups excluding carboxylic acids is 1. The Morgan fingerprint density at radius 1 is 0.935 bits per heavy atom. The van der Waals surface area contributed by atoms with Crippen molar-refractivity contribution in [3.8, 4) is 11.1 Å². The van der Waals surface area contributed by atoms with E-state index in [1.807, 2.05) is 66.4 Å². The molecule has 328 valence electrons. The third-order valence-corrected chi connectivity index (χ3v) is 16.5. The molecule has 16 heteroatoms. The molecule has 1 amide bonds. The van der Waals surface area contributed by atoms with Gasteiger partial charge in [0, 0.05) is 69.2 Å². The normalized spacial score (nSPS) is 25.4. The molecule has 5 aromatic rings. The highest BCUT2D eigenvalue weighted by Crippen LogP contribution is 2.72. The summed E-state index contributed by atoms with van der Waals surface area (Å²) in [6, 6.07) is 17.3. The van der Waals surface area contributed by atoms with E-state index < -0.39 is 16.0 Å². The highest BCUT2D eigenvalue weighted by molar-refractivity contribution is 7.89. The number of sulfonamides is 1. The number of rotatable bonds is 15. The fraction of sp³-hybridized carbons (Fsp3) is 0.500. The van der Waals surface area contributed by atoms with Crippen LogP contribution in [0.2, 0.25) is 0 Å². The van der Waals surface area contributed by atoms with Crippen LogP contribution in [0, 0.1) is 23.2 Å². The van der Waals surface area contributed by atoms with Gasteiger partial charge in [0.15, 0.2) is 10.8 Å². The molecule has 0 saturated heterocycles. The van der Waals surface area contributed by atoms with E-state index in [0.717, 1.165) is 71.1 Å². The van der Waals surface area contributed by atoms with Crippen LogP contribution in [-0.2, 0) is 34.3 Å². The Hall–Kier alpha value is -4.74. The molecular weight excluding hydrogens is 825 g/mol. The Kier molecular flexibility index (Phi) is 10.8. The molecule has 2 aromatic carbocycles. The quantitative estimate of drug-likeness (QED) is 0.0926. The number of hydrogen-bond acceptors (Lipinski definition) is 11. The lowest BCUT2D eigenvalue weighted by Gasteiger charge is -2.69. The number of aromatic nitrogens is 4. The van der Waals surface area contributed by atoms with E-state index >= 15 is 0 Å². The summed E-state index contributed by atoms with van der Waals surface area (Å²) in [7, 11) is -0.150. The molecule has 0 radical (unpaired) electrons. The molecular formula is C46H56N8O6S2. The number of benzene rings is 2. The standard InChI is InChI=1S/C46H56N8O6S2/c1-30-34(21-48-54(30)29-45-24-43(2)23-44(3,25-45)27-46(26-43,28-45)60-19-16-47-17-20-62(58,59)52(4)5)32-13-14-38(50-39(32)41(56)57)53-18-15-31-9-8-10-33(35(31)22-53)40(55)51-42-49-36-11-6-7-12-37(36)61-42/h6-14,21,47H,15-20,22-29H2,1-5H3,(H,56,57)(H,49,51,55). The van der Waals surface area contributed by atoms with E-state index in [2.05, 4.69) is 34.1 Å². The average molecular weight is 881 g/mol. The number of hydrogen-bond donors (Lipinski definition) is 3. The van der Waals surface area contributed by atoms with Gasteiger partial charge in [0.1, 0.15) is 5.82 Å². The summed E-state index contributed by atoms with van der Waals surface area (Å²) in [6.45, 7) is 10.1. The lowest BCUT2D eigenvalue weighted by molar-refractivity contribution is -0.247. The minimum Gasteiger partial charge on any atom is -0.476 e. The fourth-order valence-corrected chi connectivity index (χ4v) is 13.9. The van der Waals surface area contributed by atoms with Gasteiger partial charge in [-0.2, -0.15) is 5.10 Å². The van der Waals surface area contributed by atoms with Gasteiger partial charge in [0.05, 0.1) is 34.4 Å². The second-order valence-electron chi connectivity index (χ2n) is 19.3. The molecule has 10 rings (SSSR count). The van der Waals surface area contributed by atoms with Crippen molar-refractivity contribution in [1.82, 2.24) is 29.4 Å². The number of fused-ring (bicyclic) bond motifs is 2. The van der Waals surface area contributed by atoms with Crippen molar-refractivity contribution in [1.29, 1.82) is 0 Å². The number of nitrogens with zero attached hydrogens (tertiary/aromatic N) is 6. The first kappa shape index (κ1) is 42.6. The minimum atomic E-state index is -3.26. The summed E-state index contributed by atoms with van der Waals surface area (Å²) >= 11 is 1.43. The number of carboxylic acids is 1. The summed E-state index contributed by atoms with van der Waals surface area (Å²) in [5.74, 6) is -0.758. The third-order valence-electron chi connectivity index (χ3n) is 13.8. The van der Waals surface area contributed by atoms with Crippen LogP contribution in [0.15, 0.2) is 60.8 Å². The molecule has 5 aliphatic rings. The number of nitrogens with one attached hydrogen (secondary N) is 2. The molecule has 3 aromatic heterocycles. The van der Waals surface area contributed by atoms with E-state index in [1.54, 1.807) is 20.3 Å². The fourth-order valence-electron chi connectivity index (χ4n) is 12.3. The van der Waals surface area contributed by atoms with Crippen LogP contribution in [0.3, 0.4) is 0 Å².